The molecule has 0 fully saturated rings. The van der Waals surface area contributed by atoms with Crippen molar-refractivity contribution >= 4 is 33.2 Å². The summed E-state index contributed by atoms with van der Waals surface area (Å²) in [5.41, 5.74) is 0.180. The van der Waals surface area contributed by atoms with Crippen molar-refractivity contribution in [3.63, 3.8) is 0 Å². The van der Waals surface area contributed by atoms with E-state index in [1.165, 1.54) is 17.2 Å². The summed E-state index contributed by atoms with van der Waals surface area (Å²) >= 11 is 5.11. The molecule has 0 amide bonds. The molecule has 0 aromatic carbocycles. The number of halogens is 1. The summed E-state index contributed by atoms with van der Waals surface area (Å²) in [4.78, 5) is 11.8. The van der Waals surface area contributed by atoms with Gasteiger partial charge >= 0.3 is 5.97 Å². The third kappa shape index (κ3) is 3.18. The lowest BCUT2D eigenvalue weighted by Gasteiger charge is -2.00. The molecule has 17 heavy (non-hydrogen) atoms. The minimum Gasteiger partial charge on any atom is -0.478 e. The Morgan fingerprint density at radius 2 is 2.35 bits per heavy atom. The van der Waals surface area contributed by atoms with Crippen molar-refractivity contribution in [2.75, 3.05) is 0 Å². The van der Waals surface area contributed by atoms with E-state index in [4.69, 9.17) is 9.52 Å². The molecule has 0 bridgehead atoms. The molecule has 0 aliphatic heterocycles. The number of thiophene rings is 1. The quantitative estimate of drug-likeness (QED) is 0.890. The molecule has 90 valence electrons. The van der Waals surface area contributed by atoms with Crippen LogP contribution in [0.25, 0.3) is 0 Å². The van der Waals surface area contributed by atoms with E-state index in [1.54, 1.807) is 11.3 Å². The zero-order valence-corrected chi connectivity index (χ0v) is 11.2. The first-order valence-corrected chi connectivity index (χ1v) is 6.57. The highest BCUT2D eigenvalue weighted by Crippen LogP contribution is 2.22. The van der Waals surface area contributed by atoms with Crippen molar-refractivity contribution in [2.24, 2.45) is 0 Å². The number of rotatable bonds is 5. The summed E-state index contributed by atoms with van der Waals surface area (Å²) in [5, 5.41) is 13.9. The van der Waals surface area contributed by atoms with E-state index in [1.807, 2.05) is 11.4 Å². The van der Waals surface area contributed by atoms with E-state index in [9.17, 15) is 4.79 Å². The van der Waals surface area contributed by atoms with Crippen molar-refractivity contribution in [3.05, 3.63) is 44.4 Å². The van der Waals surface area contributed by atoms with Crippen LogP contribution in [0.5, 0.6) is 0 Å². The number of carbonyl (C=O) groups is 1. The Hall–Kier alpha value is -1.11. The Morgan fingerprint density at radius 1 is 1.53 bits per heavy atom. The number of hydrogen-bond donors (Lipinski definition) is 2. The fraction of sp³-hybridized carbons (Fsp3) is 0.182. The minimum absolute atomic E-state index is 0.180. The lowest BCUT2D eigenvalue weighted by Crippen LogP contribution is -2.11. The molecule has 2 aromatic heterocycles. The summed E-state index contributed by atoms with van der Waals surface area (Å²) in [7, 11) is 0. The second-order valence-corrected chi connectivity index (χ2v) is 5.26. The molecule has 0 aliphatic rings. The SMILES string of the molecule is O=C(O)c1coc(CNCc2sccc2Br)c1. The third-order valence-electron chi connectivity index (χ3n) is 2.18. The summed E-state index contributed by atoms with van der Waals surface area (Å²) < 4.78 is 6.21. The van der Waals surface area contributed by atoms with Gasteiger partial charge in [-0.15, -0.1) is 11.3 Å². The Morgan fingerprint density at radius 3 is 2.94 bits per heavy atom. The zero-order chi connectivity index (χ0) is 12.3. The van der Waals surface area contributed by atoms with Crippen molar-refractivity contribution in [1.29, 1.82) is 0 Å². The number of aromatic carboxylic acids is 1. The van der Waals surface area contributed by atoms with Crippen molar-refractivity contribution in [3.8, 4) is 0 Å². The van der Waals surface area contributed by atoms with Crippen LogP contribution in [-0.4, -0.2) is 11.1 Å². The second kappa shape index (κ2) is 5.48. The zero-order valence-electron chi connectivity index (χ0n) is 8.77. The number of furan rings is 1. The first-order valence-electron chi connectivity index (χ1n) is 4.90. The summed E-state index contributed by atoms with van der Waals surface area (Å²) in [6.45, 7) is 1.24. The fourth-order valence-corrected chi connectivity index (χ4v) is 2.80. The molecule has 0 spiro atoms. The van der Waals surface area contributed by atoms with E-state index < -0.39 is 5.97 Å². The van der Waals surface area contributed by atoms with Crippen LogP contribution >= 0.6 is 27.3 Å². The summed E-state index contributed by atoms with van der Waals surface area (Å²) in [6, 6.07) is 3.52. The van der Waals surface area contributed by atoms with Gasteiger partial charge in [0.2, 0.25) is 0 Å². The van der Waals surface area contributed by atoms with E-state index in [2.05, 4.69) is 21.2 Å². The number of carboxylic acid groups (broad SMARTS) is 1. The first kappa shape index (κ1) is 12.3. The van der Waals surface area contributed by atoms with E-state index in [0.717, 1.165) is 11.0 Å². The molecule has 0 saturated carbocycles. The smallest absolute Gasteiger partial charge is 0.338 e. The molecule has 2 rings (SSSR count). The molecule has 6 heteroatoms. The molecule has 4 nitrogen and oxygen atoms in total. The lowest BCUT2D eigenvalue weighted by atomic mass is 10.3. The normalized spacial score (nSPS) is 10.6. The fourth-order valence-electron chi connectivity index (χ4n) is 1.34. The van der Waals surface area contributed by atoms with E-state index in [0.29, 0.717) is 12.3 Å². The number of carboxylic acids is 1. The maximum absolute atomic E-state index is 10.6. The minimum atomic E-state index is -0.971. The molecule has 2 N–H and O–H groups in total. The van der Waals surface area contributed by atoms with Crippen LogP contribution < -0.4 is 5.32 Å². The van der Waals surface area contributed by atoms with Crippen LogP contribution in [0.4, 0.5) is 0 Å². The molecule has 0 radical (unpaired) electrons. The third-order valence-corrected chi connectivity index (χ3v) is 4.10. The van der Waals surface area contributed by atoms with Crippen LogP contribution in [0.15, 0.2) is 32.7 Å². The van der Waals surface area contributed by atoms with Gasteiger partial charge in [-0.1, -0.05) is 0 Å². The average molecular weight is 316 g/mol. The topological polar surface area (TPSA) is 62.5 Å². The van der Waals surface area contributed by atoms with Crippen LogP contribution in [-0.2, 0) is 13.1 Å². The molecule has 0 unspecified atom stereocenters. The van der Waals surface area contributed by atoms with Gasteiger partial charge in [-0.3, -0.25) is 0 Å². The van der Waals surface area contributed by atoms with Gasteiger partial charge in [0.05, 0.1) is 12.1 Å². The summed E-state index contributed by atoms with van der Waals surface area (Å²) in [6.07, 6.45) is 1.25. The standard InChI is InChI=1S/C11H10BrNO3S/c12-9-1-2-17-10(9)5-13-4-8-3-7(6-16-8)11(14)15/h1-3,6,13H,4-5H2,(H,14,15). The Kier molecular flexibility index (Phi) is 3.98. The van der Waals surface area contributed by atoms with Crippen LogP contribution in [0.1, 0.15) is 21.0 Å². The van der Waals surface area contributed by atoms with Gasteiger partial charge in [0.25, 0.3) is 0 Å². The van der Waals surface area contributed by atoms with Gasteiger partial charge in [-0.2, -0.15) is 0 Å². The largest absolute Gasteiger partial charge is 0.478 e. The highest BCUT2D eigenvalue weighted by Gasteiger charge is 2.08. The van der Waals surface area contributed by atoms with Gasteiger partial charge in [0.15, 0.2) is 0 Å². The van der Waals surface area contributed by atoms with Crippen molar-refractivity contribution < 1.29 is 14.3 Å². The summed E-state index contributed by atoms with van der Waals surface area (Å²) in [5.74, 6) is -0.351. The predicted molar refractivity (Wildman–Crippen MR) is 68.2 cm³/mol. The molecule has 2 aromatic rings. The Labute approximate surface area is 110 Å². The van der Waals surface area contributed by atoms with Gasteiger partial charge in [-0.05, 0) is 33.4 Å². The predicted octanol–water partition coefficient (Wildman–Crippen LogP) is 3.09. The van der Waals surface area contributed by atoms with Crippen LogP contribution in [0.3, 0.4) is 0 Å². The molecule has 0 aliphatic carbocycles. The van der Waals surface area contributed by atoms with Crippen LogP contribution in [0, 0.1) is 0 Å². The van der Waals surface area contributed by atoms with E-state index >= 15 is 0 Å². The average Bonchev–Trinajstić information content (AvgIpc) is 2.89. The number of hydrogen-bond acceptors (Lipinski definition) is 4. The van der Waals surface area contributed by atoms with E-state index in [-0.39, 0.29) is 5.56 Å². The van der Waals surface area contributed by atoms with Crippen molar-refractivity contribution in [2.45, 2.75) is 13.1 Å². The maximum Gasteiger partial charge on any atom is 0.338 e. The molecular formula is C11H10BrNO3S. The first-order chi connectivity index (χ1) is 8.16. The Balaban J connectivity index is 1.86. The monoisotopic (exact) mass is 315 g/mol. The van der Waals surface area contributed by atoms with Crippen molar-refractivity contribution in [1.82, 2.24) is 5.32 Å². The maximum atomic E-state index is 10.6. The second-order valence-electron chi connectivity index (χ2n) is 3.40. The highest BCUT2D eigenvalue weighted by molar-refractivity contribution is 9.10. The van der Waals surface area contributed by atoms with Crippen LogP contribution in [0.2, 0.25) is 0 Å². The van der Waals surface area contributed by atoms with Gasteiger partial charge in [0.1, 0.15) is 12.0 Å². The lowest BCUT2D eigenvalue weighted by molar-refractivity contribution is 0.0696. The van der Waals surface area contributed by atoms with Gasteiger partial charge in [-0.25, -0.2) is 4.79 Å². The molecular weight excluding hydrogens is 306 g/mol. The van der Waals surface area contributed by atoms with Gasteiger partial charge < -0.3 is 14.8 Å². The molecule has 0 atom stereocenters. The highest BCUT2D eigenvalue weighted by atomic mass is 79.9. The Bertz CT molecular complexity index is 520. The number of nitrogens with one attached hydrogen (secondary N) is 1. The molecule has 2 heterocycles. The molecule has 0 saturated heterocycles. The van der Waals surface area contributed by atoms with Gasteiger partial charge in [0, 0.05) is 15.9 Å².